The maximum absolute atomic E-state index is 10.5. The highest BCUT2D eigenvalue weighted by molar-refractivity contribution is 5.34. The van der Waals surface area contributed by atoms with Crippen LogP contribution in [0.4, 0.5) is 0 Å². The van der Waals surface area contributed by atoms with E-state index in [1.165, 1.54) is 25.7 Å². The summed E-state index contributed by atoms with van der Waals surface area (Å²) in [7, 11) is 0. The molecule has 18 heavy (non-hydrogen) atoms. The minimum Gasteiger partial charge on any atom is -0.211 e. The van der Waals surface area contributed by atoms with Crippen molar-refractivity contribution >= 4 is 12.2 Å². The van der Waals surface area contributed by atoms with Crippen LogP contribution in [0.15, 0.2) is 9.98 Å². The van der Waals surface area contributed by atoms with Gasteiger partial charge >= 0.3 is 0 Å². The van der Waals surface area contributed by atoms with E-state index in [1.54, 1.807) is 12.2 Å². The summed E-state index contributed by atoms with van der Waals surface area (Å²) < 4.78 is 0. The van der Waals surface area contributed by atoms with Crippen LogP contribution < -0.4 is 0 Å². The fourth-order valence-corrected chi connectivity index (χ4v) is 4.18. The number of nitrogens with zero attached hydrogens (tertiary/aromatic N) is 2. The molecule has 4 nitrogen and oxygen atoms in total. The summed E-state index contributed by atoms with van der Waals surface area (Å²) in [5.41, 5.74) is 0.141. The third kappa shape index (κ3) is 2.19. The predicted molar refractivity (Wildman–Crippen MR) is 67.8 cm³/mol. The number of rotatable bonds is 4. The van der Waals surface area contributed by atoms with Gasteiger partial charge in [-0.05, 0) is 36.5 Å². The Kier molecular flexibility index (Phi) is 4.11. The van der Waals surface area contributed by atoms with Crippen LogP contribution >= 0.6 is 0 Å². The molecule has 0 aromatic heterocycles. The minimum atomic E-state index is 0.0707. The monoisotopic (exact) mass is 248 g/mol. The first-order valence-corrected chi connectivity index (χ1v) is 6.86. The third-order valence-electron chi connectivity index (χ3n) is 5.14. The van der Waals surface area contributed by atoms with E-state index in [0.29, 0.717) is 13.1 Å². The van der Waals surface area contributed by atoms with E-state index >= 15 is 0 Å². The average molecular weight is 248 g/mol. The highest BCUT2D eigenvalue weighted by Crippen LogP contribution is 2.59. The lowest BCUT2D eigenvalue weighted by atomic mass is 9.50. The van der Waals surface area contributed by atoms with Gasteiger partial charge in [0.05, 0.1) is 13.1 Å². The topological polar surface area (TPSA) is 58.9 Å². The van der Waals surface area contributed by atoms with Crippen molar-refractivity contribution in [3.05, 3.63) is 0 Å². The Bertz CT molecular complexity index is 343. The normalized spacial score (nSPS) is 34.9. The van der Waals surface area contributed by atoms with Crippen LogP contribution in [0, 0.1) is 10.8 Å². The quantitative estimate of drug-likeness (QED) is 0.567. The zero-order valence-electron chi connectivity index (χ0n) is 10.8. The Morgan fingerprint density at radius 2 is 1.06 bits per heavy atom. The van der Waals surface area contributed by atoms with Crippen LogP contribution in [0.25, 0.3) is 0 Å². The molecule has 2 aliphatic carbocycles. The maximum Gasteiger partial charge on any atom is 0.234 e. The summed E-state index contributed by atoms with van der Waals surface area (Å²) in [6.07, 6.45) is 12.6. The van der Waals surface area contributed by atoms with Gasteiger partial charge in [-0.2, -0.15) is 0 Å². The smallest absolute Gasteiger partial charge is 0.211 e. The first-order chi connectivity index (χ1) is 8.79. The molecule has 2 saturated carbocycles. The molecule has 0 unspecified atom stereocenters. The number of hydrogen-bond acceptors (Lipinski definition) is 4. The van der Waals surface area contributed by atoms with Crippen molar-refractivity contribution in [2.24, 2.45) is 20.8 Å². The second-order valence-electron chi connectivity index (χ2n) is 5.79. The van der Waals surface area contributed by atoms with Crippen molar-refractivity contribution in [2.75, 3.05) is 13.1 Å². The SMILES string of the molecule is O=C=NCC12CCCCC1(CN=C=O)CCCC2. The van der Waals surface area contributed by atoms with Gasteiger partial charge in [0.2, 0.25) is 12.2 Å². The summed E-state index contributed by atoms with van der Waals surface area (Å²) in [5.74, 6) is 0. The number of isocyanates is 2. The zero-order valence-corrected chi connectivity index (χ0v) is 10.8. The van der Waals surface area contributed by atoms with Crippen LogP contribution in [-0.4, -0.2) is 25.2 Å². The summed E-state index contributed by atoms with van der Waals surface area (Å²) in [5, 5.41) is 0. The zero-order chi connectivity index (χ0) is 12.9. The minimum absolute atomic E-state index is 0.0707. The molecule has 0 aromatic rings. The molecule has 4 heteroatoms. The van der Waals surface area contributed by atoms with Gasteiger partial charge < -0.3 is 0 Å². The highest BCUT2D eigenvalue weighted by Gasteiger charge is 2.53. The van der Waals surface area contributed by atoms with E-state index in [0.717, 1.165) is 25.7 Å². The Morgan fingerprint density at radius 3 is 1.33 bits per heavy atom. The fraction of sp³-hybridized carbons (Fsp3) is 0.857. The molecule has 98 valence electrons. The first-order valence-electron chi connectivity index (χ1n) is 6.86. The molecular formula is C14H20N2O2. The Labute approximate surface area is 108 Å². The van der Waals surface area contributed by atoms with Gasteiger partial charge in [-0.25, -0.2) is 19.6 Å². The van der Waals surface area contributed by atoms with Gasteiger partial charge in [-0.1, -0.05) is 25.7 Å². The molecule has 0 bridgehead atoms. The fourth-order valence-electron chi connectivity index (χ4n) is 4.18. The predicted octanol–water partition coefficient (Wildman–Crippen LogP) is 2.78. The van der Waals surface area contributed by atoms with E-state index in [-0.39, 0.29) is 10.8 Å². The Hall–Kier alpha value is -1.24. The number of hydrogen-bond donors (Lipinski definition) is 0. The van der Waals surface area contributed by atoms with E-state index in [1.807, 2.05) is 0 Å². The van der Waals surface area contributed by atoms with E-state index < -0.39 is 0 Å². The molecule has 0 atom stereocenters. The van der Waals surface area contributed by atoms with E-state index in [2.05, 4.69) is 9.98 Å². The Balaban J connectivity index is 2.32. The summed E-state index contributed by atoms with van der Waals surface area (Å²) in [4.78, 5) is 28.7. The lowest BCUT2D eigenvalue weighted by molar-refractivity contribution is -0.0408. The molecule has 0 amide bonds. The van der Waals surface area contributed by atoms with Gasteiger partial charge in [0, 0.05) is 0 Å². The standard InChI is InChI=1S/C14H20N2O2/c17-11-15-9-13-5-1-2-6-14(13,10-16-12-18)8-4-3-7-13/h1-10H2. The van der Waals surface area contributed by atoms with E-state index in [4.69, 9.17) is 0 Å². The van der Waals surface area contributed by atoms with Gasteiger partial charge in [-0.3, -0.25) is 0 Å². The number of fused-ring (bicyclic) bond motifs is 1. The first kappa shape index (κ1) is 13.2. The molecule has 0 aliphatic heterocycles. The van der Waals surface area contributed by atoms with Gasteiger partial charge in [0.15, 0.2) is 0 Å². The van der Waals surface area contributed by atoms with Crippen LogP contribution in [-0.2, 0) is 9.59 Å². The number of aliphatic imine (C=N–C) groups is 2. The summed E-state index contributed by atoms with van der Waals surface area (Å²) >= 11 is 0. The molecule has 0 aromatic carbocycles. The van der Waals surface area contributed by atoms with Crippen LogP contribution in [0.5, 0.6) is 0 Å². The molecule has 0 saturated heterocycles. The average Bonchev–Trinajstić information content (AvgIpc) is 2.43. The second-order valence-corrected chi connectivity index (χ2v) is 5.79. The molecule has 2 fully saturated rings. The molecular weight excluding hydrogens is 228 g/mol. The van der Waals surface area contributed by atoms with Crippen LogP contribution in [0.3, 0.4) is 0 Å². The molecule has 2 rings (SSSR count). The van der Waals surface area contributed by atoms with Gasteiger partial charge in [0.1, 0.15) is 0 Å². The molecule has 0 N–H and O–H groups in total. The molecule has 2 aliphatic rings. The summed E-state index contributed by atoms with van der Waals surface area (Å²) in [6.45, 7) is 1.12. The summed E-state index contributed by atoms with van der Waals surface area (Å²) in [6, 6.07) is 0. The lowest BCUT2D eigenvalue weighted by Crippen LogP contribution is -2.50. The van der Waals surface area contributed by atoms with Crippen molar-refractivity contribution < 1.29 is 9.59 Å². The third-order valence-corrected chi connectivity index (χ3v) is 5.14. The largest absolute Gasteiger partial charge is 0.234 e. The Morgan fingerprint density at radius 1 is 0.722 bits per heavy atom. The van der Waals surface area contributed by atoms with Crippen LogP contribution in [0.1, 0.15) is 51.4 Å². The maximum atomic E-state index is 10.5. The van der Waals surface area contributed by atoms with Crippen LogP contribution in [0.2, 0.25) is 0 Å². The lowest BCUT2D eigenvalue weighted by Gasteiger charge is -2.55. The van der Waals surface area contributed by atoms with Crippen molar-refractivity contribution in [3.8, 4) is 0 Å². The highest BCUT2D eigenvalue weighted by atomic mass is 16.1. The van der Waals surface area contributed by atoms with E-state index in [9.17, 15) is 9.59 Å². The molecule has 0 radical (unpaired) electrons. The molecule has 0 spiro atoms. The molecule has 0 heterocycles. The number of carbonyl (C=O) groups excluding carboxylic acids is 2. The van der Waals surface area contributed by atoms with Crippen molar-refractivity contribution in [3.63, 3.8) is 0 Å². The van der Waals surface area contributed by atoms with Crippen molar-refractivity contribution in [1.82, 2.24) is 0 Å². The second kappa shape index (κ2) is 5.60. The van der Waals surface area contributed by atoms with Crippen molar-refractivity contribution in [2.45, 2.75) is 51.4 Å². The van der Waals surface area contributed by atoms with Gasteiger partial charge in [-0.15, -0.1) is 0 Å². The van der Waals surface area contributed by atoms with Crippen molar-refractivity contribution in [1.29, 1.82) is 0 Å². The van der Waals surface area contributed by atoms with Gasteiger partial charge in [0.25, 0.3) is 0 Å².